The van der Waals surface area contributed by atoms with Gasteiger partial charge in [0.1, 0.15) is 18.1 Å². The number of allylic oxidation sites excluding steroid dienone is 2. The highest BCUT2D eigenvalue weighted by Gasteiger charge is 2.20. The van der Waals surface area contributed by atoms with Crippen molar-refractivity contribution in [1.82, 2.24) is 5.32 Å². The van der Waals surface area contributed by atoms with E-state index in [4.69, 9.17) is 0 Å². The Bertz CT molecular complexity index is 185. The Kier molecular flexibility index (Phi) is 1.94. The van der Waals surface area contributed by atoms with E-state index in [1.54, 1.807) is 0 Å². The summed E-state index contributed by atoms with van der Waals surface area (Å²) < 4.78 is 35.2. The van der Waals surface area contributed by atoms with Crippen molar-refractivity contribution in [1.29, 1.82) is 0 Å². The Morgan fingerprint density at radius 3 is 2.60 bits per heavy atom. The van der Waals surface area contributed by atoms with Crippen molar-refractivity contribution >= 4 is 6.34 Å². The minimum Gasteiger partial charge on any atom is -0.244 e. The normalized spacial score (nSPS) is 16.8. The summed E-state index contributed by atoms with van der Waals surface area (Å²) >= 11 is 0. The third-order valence-electron chi connectivity index (χ3n) is 0.984. The van der Waals surface area contributed by atoms with Gasteiger partial charge in [0.2, 0.25) is 0 Å². The second kappa shape index (κ2) is 2.72. The molecule has 1 rings (SSSR count). The minimum atomic E-state index is -2.76. The van der Waals surface area contributed by atoms with Gasteiger partial charge in [0.15, 0.2) is 6.34 Å². The van der Waals surface area contributed by atoms with Gasteiger partial charge in [-0.05, 0) is 0 Å². The van der Waals surface area contributed by atoms with E-state index in [0.29, 0.717) is 0 Å². The molecule has 5 heteroatoms. The first kappa shape index (κ1) is 7.11. The SMILES string of the molecule is FCC1=C(C(F)F)N=[C][N]1. The highest BCUT2D eigenvalue weighted by molar-refractivity contribution is 5.63. The molecule has 0 atom stereocenters. The monoisotopic (exact) mass is 148 g/mol. The van der Waals surface area contributed by atoms with E-state index in [0.717, 1.165) is 0 Å². The summed E-state index contributed by atoms with van der Waals surface area (Å²) in [5, 5.41) is 3.16. The maximum absolute atomic E-state index is 11.8. The summed E-state index contributed by atoms with van der Waals surface area (Å²) in [4.78, 5) is 3.06. The number of halogens is 3. The molecule has 2 nitrogen and oxygen atoms in total. The standard InChI is InChI=1S/C5H3F3N2/c6-1-3-4(5(7)8)10-2-9-3/h5H,1H2. The van der Waals surface area contributed by atoms with Crippen molar-refractivity contribution in [2.45, 2.75) is 6.43 Å². The number of alkyl halides is 3. The molecule has 1 heterocycles. The van der Waals surface area contributed by atoms with Crippen molar-refractivity contribution < 1.29 is 13.2 Å². The van der Waals surface area contributed by atoms with Gasteiger partial charge < -0.3 is 0 Å². The summed E-state index contributed by atoms with van der Waals surface area (Å²) in [6.45, 7) is -1.02. The van der Waals surface area contributed by atoms with Crippen LogP contribution in [0.15, 0.2) is 16.4 Å². The van der Waals surface area contributed by atoms with Crippen LogP contribution in [0.3, 0.4) is 0 Å². The Labute approximate surface area is 55.4 Å². The van der Waals surface area contributed by atoms with E-state index in [2.05, 4.69) is 10.3 Å². The smallest absolute Gasteiger partial charge is 0.244 e. The van der Waals surface area contributed by atoms with Crippen LogP contribution in [0.1, 0.15) is 0 Å². The van der Waals surface area contributed by atoms with Crippen molar-refractivity contribution in [2.75, 3.05) is 6.67 Å². The van der Waals surface area contributed by atoms with Gasteiger partial charge in [-0.25, -0.2) is 23.5 Å². The molecule has 0 aromatic rings. The Morgan fingerprint density at radius 2 is 2.20 bits per heavy atom. The molecule has 0 aromatic heterocycles. The van der Waals surface area contributed by atoms with E-state index in [9.17, 15) is 13.2 Å². The summed E-state index contributed by atoms with van der Waals surface area (Å²) in [6, 6.07) is 0. The lowest BCUT2D eigenvalue weighted by Gasteiger charge is -1.96. The van der Waals surface area contributed by atoms with Crippen LogP contribution in [0, 0.1) is 0 Å². The molecule has 0 aromatic carbocycles. The highest BCUT2D eigenvalue weighted by Crippen LogP contribution is 2.17. The summed E-state index contributed by atoms with van der Waals surface area (Å²) in [6.07, 6.45) is -0.849. The number of nitrogens with zero attached hydrogens (tertiary/aromatic N) is 2. The van der Waals surface area contributed by atoms with Crippen LogP contribution in [0.25, 0.3) is 0 Å². The van der Waals surface area contributed by atoms with Crippen LogP contribution in [-0.2, 0) is 0 Å². The van der Waals surface area contributed by atoms with E-state index < -0.39 is 18.8 Å². The fourth-order valence-corrected chi connectivity index (χ4v) is 0.534. The van der Waals surface area contributed by atoms with E-state index in [1.807, 2.05) is 6.34 Å². The summed E-state index contributed by atoms with van der Waals surface area (Å²) in [5.74, 6) is 0. The third kappa shape index (κ3) is 1.12. The first-order valence-electron chi connectivity index (χ1n) is 2.49. The largest absolute Gasteiger partial charge is 0.282 e. The van der Waals surface area contributed by atoms with Gasteiger partial charge >= 0.3 is 0 Å². The molecule has 0 fully saturated rings. The van der Waals surface area contributed by atoms with E-state index >= 15 is 0 Å². The zero-order chi connectivity index (χ0) is 7.56. The molecule has 0 aliphatic carbocycles. The lowest BCUT2D eigenvalue weighted by atomic mass is 10.4. The van der Waals surface area contributed by atoms with Crippen LogP contribution in [-0.4, -0.2) is 19.4 Å². The highest BCUT2D eigenvalue weighted by atomic mass is 19.3. The fourth-order valence-electron chi connectivity index (χ4n) is 0.534. The lowest BCUT2D eigenvalue weighted by Crippen LogP contribution is -2.03. The van der Waals surface area contributed by atoms with Crippen LogP contribution < -0.4 is 5.32 Å². The average molecular weight is 148 g/mol. The second-order valence-electron chi connectivity index (χ2n) is 1.59. The average Bonchev–Trinajstić information content (AvgIpc) is 2.33. The molecule has 0 saturated carbocycles. The first-order valence-corrected chi connectivity index (χ1v) is 2.49. The molecule has 1 aliphatic heterocycles. The molecular formula is C5H3F3N2. The van der Waals surface area contributed by atoms with Crippen LogP contribution >= 0.6 is 0 Å². The molecule has 0 bridgehead atoms. The molecule has 2 radical (unpaired) electrons. The van der Waals surface area contributed by atoms with Gasteiger partial charge in [0, 0.05) is 0 Å². The Morgan fingerprint density at radius 1 is 1.50 bits per heavy atom. The molecule has 1 aliphatic rings. The molecule has 0 N–H and O–H groups in total. The number of hydrogen-bond acceptors (Lipinski definition) is 1. The molecule has 10 heavy (non-hydrogen) atoms. The predicted molar refractivity (Wildman–Crippen MR) is 28.6 cm³/mol. The fraction of sp³-hybridized carbons (Fsp3) is 0.400. The minimum absolute atomic E-state index is 0.324. The van der Waals surface area contributed by atoms with Crippen molar-refractivity contribution in [3.63, 3.8) is 0 Å². The zero-order valence-electron chi connectivity index (χ0n) is 4.81. The predicted octanol–water partition coefficient (Wildman–Crippen LogP) is 0.956. The van der Waals surface area contributed by atoms with Gasteiger partial charge in [0.25, 0.3) is 6.43 Å². The molecule has 0 saturated heterocycles. The Hall–Kier alpha value is -1.00. The van der Waals surface area contributed by atoms with Crippen molar-refractivity contribution in [2.24, 2.45) is 4.99 Å². The lowest BCUT2D eigenvalue weighted by molar-refractivity contribution is 0.186. The molecular weight excluding hydrogens is 145 g/mol. The van der Waals surface area contributed by atoms with E-state index in [1.165, 1.54) is 0 Å². The molecule has 54 valence electrons. The third-order valence-corrected chi connectivity index (χ3v) is 0.984. The van der Waals surface area contributed by atoms with Gasteiger partial charge in [-0.1, -0.05) is 0 Å². The topological polar surface area (TPSA) is 26.5 Å². The summed E-state index contributed by atoms with van der Waals surface area (Å²) in [5.41, 5.74) is -0.933. The zero-order valence-corrected chi connectivity index (χ0v) is 4.81. The molecule has 0 unspecified atom stereocenters. The maximum atomic E-state index is 11.8. The van der Waals surface area contributed by atoms with Crippen LogP contribution in [0.5, 0.6) is 0 Å². The van der Waals surface area contributed by atoms with Gasteiger partial charge in [0.05, 0.1) is 0 Å². The molecule has 0 spiro atoms. The summed E-state index contributed by atoms with van der Waals surface area (Å²) in [7, 11) is 0. The van der Waals surface area contributed by atoms with Crippen LogP contribution in [0.2, 0.25) is 0 Å². The van der Waals surface area contributed by atoms with Gasteiger partial charge in [-0.3, -0.25) is 0 Å². The number of rotatable bonds is 2. The number of aliphatic imine (C=N–C) groups is 1. The second-order valence-corrected chi connectivity index (χ2v) is 1.59. The van der Waals surface area contributed by atoms with Crippen molar-refractivity contribution in [3.8, 4) is 0 Å². The molecule has 0 amide bonds. The van der Waals surface area contributed by atoms with Crippen molar-refractivity contribution in [3.05, 3.63) is 11.4 Å². The van der Waals surface area contributed by atoms with Gasteiger partial charge in [-0.15, -0.1) is 0 Å². The quantitative estimate of drug-likeness (QED) is 0.557. The maximum Gasteiger partial charge on any atom is 0.282 e. The number of hydrogen-bond donors (Lipinski definition) is 0. The van der Waals surface area contributed by atoms with Gasteiger partial charge in [-0.2, -0.15) is 0 Å². The van der Waals surface area contributed by atoms with E-state index in [-0.39, 0.29) is 5.70 Å². The Balaban J connectivity index is 2.76. The first-order chi connectivity index (χ1) is 4.75. The van der Waals surface area contributed by atoms with Crippen LogP contribution in [0.4, 0.5) is 13.2 Å².